The van der Waals surface area contributed by atoms with E-state index in [1.165, 1.54) is 0 Å². The van der Waals surface area contributed by atoms with Crippen molar-refractivity contribution in [2.24, 2.45) is 0 Å². The Bertz CT molecular complexity index is 1150. The highest BCUT2D eigenvalue weighted by molar-refractivity contribution is 5.87. The molecule has 4 aromatic rings. The Morgan fingerprint density at radius 3 is 1.46 bits per heavy atom. The molecule has 0 aliphatic heterocycles. The zero-order valence-corrected chi connectivity index (χ0v) is 12.8. The van der Waals surface area contributed by atoms with Gasteiger partial charge in [0, 0.05) is 45.8 Å². The van der Waals surface area contributed by atoms with Gasteiger partial charge in [-0.3, -0.25) is 9.59 Å². The minimum absolute atomic E-state index is 0.0567. The minimum Gasteiger partial charge on any atom is -0.322 e. The predicted molar refractivity (Wildman–Crippen MR) is 94.7 cm³/mol. The van der Waals surface area contributed by atoms with Gasteiger partial charge in [0.1, 0.15) is 0 Å². The van der Waals surface area contributed by atoms with Crippen molar-refractivity contribution in [2.45, 2.75) is 12.8 Å². The van der Waals surface area contributed by atoms with Gasteiger partial charge in [-0.2, -0.15) is 0 Å². The van der Waals surface area contributed by atoms with E-state index in [-0.39, 0.29) is 11.1 Å². The summed E-state index contributed by atoms with van der Waals surface area (Å²) in [6, 6.07) is 15.5. The van der Waals surface area contributed by atoms with Gasteiger partial charge in [0.05, 0.1) is 0 Å². The topological polar surface area (TPSA) is 65.7 Å². The highest BCUT2D eigenvalue weighted by Crippen LogP contribution is 2.31. The quantitative estimate of drug-likeness (QED) is 0.461. The first-order chi connectivity index (χ1) is 11.7. The van der Waals surface area contributed by atoms with Gasteiger partial charge in [-0.15, -0.1) is 0 Å². The lowest BCUT2D eigenvalue weighted by atomic mass is 9.84. The second kappa shape index (κ2) is 4.68. The van der Waals surface area contributed by atoms with Crippen LogP contribution in [0.15, 0.2) is 58.1 Å². The Balaban J connectivity index is 1.88. The van der Waals surface area contributed by atoms with E-state index in [0.717, 1.165) is 44.1 Å². The Hall–Kier alpha value is -3.14. The smallest absolute Gasteiger partial charge is 0.252 e. The van der Waals surface area contributed by atoms with Gasteiger partial charge in [0.25, 0.3) is 11.1 Å². The van der Waals surface area contributed by atoms with Gasteiger partial charge in [0.2, 0.25) is 0 Å². The van der Waals surface area contributed by atoms with E-state index in [1.807, 2.05) is 48.5 Å². The summed E-state index contributed by atoms with van der Waals surface area (Å²) in [5, 5.41) is 2.04. The first-order valence-corrected chi connectivity index (χ1v) is 7.98. The normalized spacial score (nSPS) is 13.0. The third kappa shape index (κ3) is 1.74. The lowest BCUT2D eigenvalue weighted by Crippen LogP contribution is -2.26. The molecule has 0 amide bonds. The van der Waals surface area contributed by atoms with Gasteiger partial charge >= 0.3 is 0 Å². The number of aromatic amines is 2. The van der Waals surface area contributed by atoms with Crippen molar-refractivity contribution in [2.75, 3.05) is 0 Å². The van der Waals surface area contributed by atoms with Crippen molar-refractivity contribution in [3.63, 3.8) is 0 Å². The molecule has 1 aliphatic rings. The maximum Gasteiger partial charge on any atom is 0.252 e. The minimum atomic E-state index is -0.0567. The number of hydrogen-bond donors (Lipinski definition) is 2. The van der Waals surface area contributed by atoms with Gasteiger partial charge in [-0.25, -0.2) is 0 Å². The molecule has 4 nitrogen and oxygen atoms in total. The summed E-state index contributed by atoms with van der Waals surface area (Å²) in [7, 11) is 0. The van der Waals surface area contributed by atoms with Gasteiger partial charge < -0.3 is 9.97 Å². The van der Waals surface area contributed by atoms with Crippen LogP contribution in [0.3, 0.4) is 0 Å². The number of rotatable bonds is 0. The number of benzene rings is 2. The lowest BCUT2D eigenvalue weighted by Gasteiger charge is -2.21. The van der Waals surface area contributed by atoms with E-state index in [9.17, 15) is 9.59 Å². The zero-order valence-electron chi connectivity index (χ0n) is 12.8. The second-order valence-electron chi connectivity index (χ2n) is 6.27. The summed E-state index contributed by atoms with van der Waals surface area (Å²) in [6.45, 7) is 0. The fourth-order valence-corrected chi connectivity index (χ4v) is 3.84. The van der Waals surface area contributed by atoms with E-state index in [2.05, 4.69) is 9.97 Å². The number of pyridine rings is 2. The highest BCUT2D eigenvalue weighted by atomic mass is 16.1. The molecule has 2 aromatic carbocycles. The molecule has 0 spiro atoms. The standard InChI is InChI=1S/C20H14N2O2/c23-19-15-10-14-12-6-2-4-8-18(12)22-20(24)16(14)9-13(15)11-5-1-3-7-17(11)21-19/h1-8H,9-10H2,(H,21,23)(H,22,24). The number of para-hydroxylation sites is 2. The van der Waals surface area contributed by atoms with Crippen molar-refractivity contribution in [1.29, 1.82) is 0 Å². The van der Waals surface area contributed by atoms with Crippen molar-refractivity contribution in [3.05, 3.63) is 91.5 Å². The van der Waals surface area contributed by atoms with Crippen LogP contribution >= 0.6 is 0 Å². The monoisotopic (exact) mass is 314 g/mol. The summed E-state index contributed by atoms with van der Waals surface area (Å²) >= 11 is 0. The number of hydrogen-bond acceptors (Lipinski definition) is 2. The average molecular weight is 314 g/mol. The molecular formula is C20H14N2O2. The Morgan fingerprint density at radius 1 is 0.583 bits per heavy atom. The molecule has 24 heavy (non-hydrogen) atoms. The van der Waals surface area contributed by atoms with Crippen molar-refractivity contribution in [1.82, 2.24) is 9.97 Å². The van der Waals surface area contributed by atoms with E-state index in [1.54, 1.807) is 0 Å². The summed E-state index contributed by atoms with van der Waals surface area (Å²) in [5.74, 6) is 0. The van der Waals surface area contributed by atoms with E-state index in [4.69, 9.17) is 0 Å². The summed E-state index contributed by atoms with van der Waals surface area (Å²) in [5.41, 5.74) is 5.03. The largest absolute Gasteiger partial charge is 0.322 e. The Labute approximate surface area is 136 Å². The van der Waals surface area contributed by atoms with Crippen LogP contribution in [0.2, 0.25) is 0 Å². The van der Waals surface area contributed by atoms with E-state index < -0.39 is 0 Å². The molecule has 0 fully saturated rings. The maximum atomic E-state index is 12.6. The van der Waals surface area contributed by atoms with E-state index >= 15 is 0 Å². The summed E-state index contributed by atoms with van der Waals surface area (Å²) in [6.07, 6.45) is 0.991. The number of nitrogens with one attached hydrogen (secondary N) is 2. The number of fused-ring (bicyclic) bond motifs is 6. The summed E-state index contributed by atoms with van der Waals surface area (Å²) in [4.78, 5) is 31.1. The number of H-pyrrole nitrogens is 2. The second-order valence-corrected chi connectivity index (χ2v) is 6.27. The van der Waals surface area contributed by atoms with Gasteiger partial charge in [-0.1, -0.05) is 36.4 Å². The van der Waals surface area contributed by atoms with Crippen LogP contribution in [0, 0.1) is 0 Å². The van der Waals surface area contributed by atoms with Crippen LogP contribution < -0.4 is 11.1 Å². The zero-order chi connectivity index (χ0) is 16.3. The van der Waals surface area contributed by atoms with Gasteiger partial charge in [0.15, 0.2) is 0 Å². The molecule has 0 atom stereocenters. The maximum absolute atomic E-state index is 12.6. The van der Waals surface area contributed by atoms with Crippen LogP contribution in [0.5, 0.6) is 0 Å². The Kier molecular flexibility index (Phi) is 2.59. The first-order valence-electron chi connectivity index (χ1n) is 7.98. The molecule has 2 heterocycles. The van der Waals surface area contributed by atoms with Gasteiger partial charge in [-0.05, 0) is 23.3 Å². The highest BCUT2D eigenvalue weighted by Gasteiger charge is 2.24. The van der Waals surface area contributed by atoms with Crippen molar-refractivity contribution < 1.29 is 0 Å². The van der Waals surface area contributed by atoms with Crippen molar-refractivity contribution >= 4 is 21.8 Å². The molecule has 116 valence electrons. The molecule has 0 bridgehead atoms. The fraction of sp³-hybridized carbons (Fsp3) is 0.100. The van der Waals surface area contributed by atoms with Crippen LogP contribution in [0.1, 0.15) is 22.3 Å². The SMILES string of the molecule is O=c1[nH]c2ccccc2c2c1Cc1c(c(=O)[nH]c3ccccc13)C2. The summed E-state index contributed by atoms with van der Waals surface area (Å²) < 4.78 is 0. The Morgan fingerprint density at radius 2 is 1.00 bits per heavy atom. The molecule has 1 aliphatic carbocycles. The molecule has 5 rings (SSSR count). The van der Waals surface area contributed by atoms with E-state index in [0.29, 0.717) is 12.8 Å². The van der Waals surface area contributed by atoms with Crippen LogP contribution in [0.25, 0.3) is 21.8 Å². The average Bonchev–Trinajstić information content (AvgIpc) is 2.61. The molecule has 0 radical (unpaired) electrons. The van der Waals surface area contributed by atoms with Crippen LogP contribution in [-0.2, 0) is 12.8 Å². The third-order valence-corrected chi connectivity index (χ3v) is 4.98. The molecule has 0 saturated carbocycles. The number of aromatic nitrogens is 2. The predicted octanol–water partition coefficient (Wildman–Crippen LogP) is 2.86. The molecule has 2 N–H and O–H groups in total. The third-order valence-electron chi connectivity index (χ3n) is 4.98. The molecule has 4 heteroatoms. The fourth-order valence-electron chi connectivity index (χ4n) is 3.84. The van der Waals surface area contributed by atoms with Crippen molar-refractivity contribution in [3.8, 4) is 0 Å². The first kappa shape index (κ1) is 13.3. The molecular weight excluding hydrogens is 300 g/mol. The molecule has 0 saturated heterocycles. The molecule has 2 aromatic heterocycles. The molecule has 0 unspecified atom stereocenters. The lowest BCUT2D eigenvalue weighted by molar-refractivity contribution is 0.963. The van der Waals surface area contributed by atoms with Crippen LogP contribution in [-0.4, -0.2) is 9.97 Å². The van der Waals surface area contributed by atoms with Crippen LogP contribution in [0.4, 0.5) is 0 Å².